The standard InChI is InChI=1S/C16H20Cl2N2O/c17-13-6-1-5-12(15(13)18)16(21)20-9-3-4-11(10-20)14-7-2-8-19-14/h1,5-6,11,14,19H,2-4,7-10H2. The number of likely N-dealkylation sites (tertiary alicyclic amines) is 1. The van der Waals surface area contributed by atoms with Gasteiger partial charge < -0.3 is 10.2 Å². The predicted molar refractivity (Wildman–Crippen MR) is 86.1 cm³/mol. The van der Waals surface area contributed by atoms with Crippen molar-refractivity contribution in [3.8, 4) is 0 Å². The number of carbonyl (C=O) groups excluding carboxylic acids is 1. The predicted octanol–water partition coefficient (Wildman–Crippen LogP) is 3.60. The number of benzene rings is 1. The monoisotopic (exact) mass is 326 g/mol. The molecule has 0 radical (unpaired) electrons. The first-order chi connectivity index (χ1) is 10.2. The zero-order valence-electron chi connectivity index (χ0n) is 11.9. The lowest BCUT2D eigenvalue weighted by atomic mass is 9.89. The van der Waals surface area contributed by atoms with E-state index in [0.29, 0.717) is 27.6 Å². The van der Waals surface area contributed by atoms with E-state index in [4.69, 9.17) is 23.2 Å². The fourth-order valence-corrected chi connectivity index (χ4v) is 3.86. The first-order valence-electron chi connectivity index (χ1n) is 7.63. The summed E-state index contributed by atoms with van der Waals surface area (Å²) in [6.07, 6.45) is 4.73. The summed E-state index contributed by atoms with van der Waals surface area (Å²) in [6.45, 7) is 2.74. The molecule has 0 aromatic heterocycles. The van der Waals surface area contributed by atoms with Crippen LogP contribution < -0.4 is 5.32 Å². The molecule has 1 aromatic rings. The highest BCUT2D eigenvalue weighted by molar-refractivity contribution is 6.43. The molecule has 2 atom stereocenters. The third-order valence-electron chi connectivity index (χ3n) is 4.59. The number of hydrogen-bond acceptors (Lipinski definition) is 2. The number of piperidine rings is 1. The number of amides is 1. The summed E-state index contributed by atoms with van der Waals surface area (Å²) in [5.74, 6) is 0.563. The summed E-state index contributed by atoms with van der Waals surface area (Å²) in [6, 6.07) is 5.81. The average molecular weight is 327 g/mol. The zero-order valence-corrected chi connectivity index (χ0v) is 13.5. The molecule has 114 valence electrons. The van der Waals surface area contributed by atoms with Crippen molar-refractivity contribution in [2.45, 2.75) is 31.7 Å². The van der Waals surface area contributed by atoms with E-state index >= 15 is 0 Å². The van der Waals surface area contributed by atoms with Gasteiger partial charge in [0.05, 0.1) is 15.6 Å². The molecule has 1 amide bonds. The Balaban J connectivity index is 1.73. The van der Waals surface area contributed by atoms with Crippen LogP contribution in [0.3, 0.4) is 0 Å². The quantitative estimate of drug-likeness (QED) is 0.900. The van der Waals surface area contributed by atoms with Crippen molar-refractivity contribution in [1.82, 2.24) is 10.2 Å². The van der Waals surface area contributed by atoms with E-state index in [1.807, 2.05) is 4.90 Å². The highest BCUT2D eigenvalue weighted by Gasteiger charge is 2.31. The zero-order chi connectivity index (χ0) is 14.8. The number of rotatable bonds is 2. The number of nitrogens with zero attached hydrogens (tertiary/aromatic N) is 1. The molecule has 0 spiro atoms. The van der Waals surface area contributed by atoms with Crippen molar-refractivity contribution in [1.29, 1.82) is 0 Å². The SMILES string of the molecule is O=C(c1cccc(Cl)c1Cl)N1CCCC(C2CCCN2)C1. The van der Waals surface area contributed by atoms with E-state index in [-0.39, 0.29) is 5.91 Å². The Morgan fingerprint density at radius 2 is 2.10 bits per heavy atom. The van der Waals surface area contributed by atoms with Crippen LogP contribution in [0.15, 0.2) is 18.2 Å². The lowest BCUT2D eigenvalue weighted by Crippen LogP contribution is -2.45. The third-order valence-corrected chi connectivity index (χ3v) is 5.41. The summed E-state index contributed by atoms with van der Waals surface area (Å²) >= 11 is 12.2. The molecule has 2 saturated heterocycles. The average Bonchev–Trinajstić information content (AvgIpc) is 3.04. The van der Waals surface area contributed by atoms with E-state index in [1.165, 1.54) is 19.3 Å². The number of halogens is 2. The van der Waals surface area contributed by atoms with Crippen LogP contribution in [0, 0.1) is 5.92 Å². The summed E-state index contributed by atoms with van der Waals surface area (Å²) in [5, 5.41) is 4.37. The Labute approximate surface area is 135 Å². The lowest BCUT2D eigenvalue weighted by molar-refractivity contribution is 0.0651. The van der Waals surface area contributed by atoms with Gasteiger partial charge in [-0.3, -0.25) is 4.79 Å². The van der Waals surface area contributed by atoms with Crippen molar-refractivity contribution >= 4 is 29.1 Å². The van der Waals surface area contributed by atoms with Crippen LogP contribution in [0.4, 0.5) is 0 Å². The smallest absolute Gasteiger partial charge is 0.255 e. The second-order valence-electron chi connectivity index (χ2n) is 5.96. The number of nitrogens with one attached hydrogen (secondary N) is 1. The van der Waals surface area contributed by atoms with Crippen molar-refractivity contribution in [3.05, 3.63) is 33.8 Å². The van der Waals surface area contributed by atoms with Gasteiger partial charge in [0.15, 0.2) is 0 Å². The first kappa shape index (κ1) is 15.1. The van der Waals surface area contributed by atoms with Gasteiger partial charge in [-0.25, -0.2) is 0 Å². The minimum absolute atomic E-state index is 0.00481. The molecule has 1 N–H and O–H groups in total. The molecule has 0 aliphatic carbocycles. The molecule has 2 unspecified atom stereocenters. The van der Waals surface area contributed by atoms with Gasteiger partial charge in [-0.05, 0) is 50.3 Å². The summed E-state index contributed by atoms with van der Waals surface area (Å²) < 4.78 is 0. The van der Waals surface area contributed by atoms with Gasteiger partial charge in [-0.15, -0.1) is 0 Å². The van der Waals surface area contributed by atoms with Crippen molar-refractivity contribution < 1.29 is 4.79 Å². The Morgan fingerprint density at radius 3 is 2.86 bits per heavy atom. The van der Waals surface area contributed by atoms with Crippen LogP contribution in [-0.4, -0.2) is 36.5 Å². The molecule has 3 rings (SSSR count). The highest BCUT2D eigenvalue weighted by Crippen LogP contribution is 2.29. The largest absolute Gasteiger partial charge is 0.338 e. The van der Waals surface area contributed by atoms with Crippen LogP contribution in [0.25, 0.3) is 0 Å². The van der Waals surface area contributed by atoms with E-state index in [2.05, 4.69) is 5.32 Å². The van der Waals surface area contributed by atoms with Gasteiger partial charge in [0.25, 0.3) is 5.91 Å². The molecule has 2 heterocycles. The van der Waals surface area contributed by atoms with Crippen LogP contribution in [0.1, 0.15) is 36.0 Å². The molecule has 2 aliphatic heterocycles. The minimum Gasteiger partial charge on any atom is -0.338 e. The second kappa shape index (κ2) is 6.55. The maximum atomic E-state index is 12.7. The third kappa shape index (κ3) is 3.20. The highest BCUT2D eigenvalue weighted by atomic mass is 35.5. The molecule has 3 nitrogen and oxygen atoms in total. The fraction of sp³-hybridized carbons (Fsp3) is 0.562. The van der Waals surface area contributed by atoms with Gasteiger partial charge in [0, 0.05) is 19.1 Å². The normalized spacial score (nSPS) is 26.1. The Hall–Kier alpha value is -0.770. The topological polar surface area (TPSA) is 32.3 Å². The van der Waals surface area contributed by atoms with Crippen molar-refractivity contribution in [2.24, 2.45) is 5.92 Å². The van der Waals surface area contributed by atoms with Gasteiger partial charge in [0.2, 0.25) is 0 Å². The van der Waals surface area contributed by atoms with E-state index in [0.717, 1.165) is 26.1 Å². The van der Waals surface area contributed by atoms with E-state index in [9.17, 15) is 4.79 Å². The fourth-order valence-electron chi connectivity index (χ4n) is 3.48. The Bertz CT molecular complexity index is 529. The van der Waals surface area contributed by atoms with Crippen molar-refractivity contribution in [2.75, 3.05) is 19.6 Å². The van der Waals surface area contributed by atoms with Crippen LogP contribution >= 0.6 is 23.2 Å². The minimum atomic E-state index is 0.00481. The van der Waals surface area contributed by atoms with Gasteiger partial charge >= 0.3 is 0 Å². The molecule has 0 saturated carbocycles. The first-order valence-corrected chi connectivity index (χ1v) is 8.39. The van der Waals surface area contributed by atoms with Crippen LogP contribution in [0.2, 0.25) is 10.0 Å². The van der Waals surface area contributed by atoms with Crippen LogP contribution in [-0.2, 0) is 0 Å². The molecule has 0 bridgehead atoms. The Morgan fingerprint density at radius 1 is 1.24 bits per heavy atom. The molecule has 2 aliphatic rings. The summed E-state index contributed by atoms with van der Waals surface area (Å²) in [5.41, 5.74) is 0.518. The molecule has 21 heavy (non-hydrogen) atoms. The second-order valence-corrected chi connectivity index (χ2v) is 6.74. The van der Waals surface area contributed by atoms with Gasteiger partial charge in [-0.1, -0.05) is 29.3 Å². The Kier molecular flexibility index (Phi) is 4.72. The maximum absolute atomic E-state index is 12.7. The summed E-state index contributed by atoms with van der Waals surface area (Å²) in [4.78, 5) is 14.6. The van der Waals surface area contributed by atoms with E-state index in [1.54, 1.807) is 18.2 Å². The molecule has 2 fully saturated rings. The maximum Gasteiger partial charge on any atom is 0.255 e. The van der Waals surface area contributed by atoms with Crippen molar-refractivity contribution in [3.63, 3.8) is 0 Å². The summed E-state index contributed by atoms with van der Waals surface area (Å²) in [7, 11) is 0. The number of carbonyl (C=O) groups is 1. The molecule has 5 heteroatoms. The van der Waals surface area contributed by atoms with E-state index < -0.39 is 0 Å². The molecular formula is C16H20Cl2N2O. The lowest BCUT2D eigenvalue weighted by Gasteiger charge is -2.36. The molecule has 1 aromatic carbocycles. The molecular weight excluding hydrogens is 307 g/mol. The number of hydrogen-bond donors (Lipinski definition) is 1. The van der Waals surface area contributed by atoms with Crippen LogP contribution in [0.5, 0.6) is 0 Å². The van der Waals surface area contributed by atoms with Gasteiger partial charge in [0.1, 0.15) is 0 Å². The van der Waals surface area contributed by atoms with Gasteiger partial charge in [-0.2, -0.15) is 0 Å².